The Morgan fingerprint density at radius 2 is 1.86 bits per heavy atom. The van der Waals surface area contributed by atoms with Gasteiger partial charge < -0.3 is 5.32 Å². The molecule has 0 saturated heterocycles. The number of halogens is 2. The van der Waals surface area contributed by atoms with E-state index < -0.39 is 16.9 Å². The zero-order valence-electron chi connectivity index (χ0n) is 19.9. The van der Waals surface area contributed by atoms with Gasteiger partial charge in [0.1, 0.15) is 24.0 Å². The van der Waals surface area contributed by atoms with Crippen LogP contribution in [0.5, 0.6) is 0 Å². The molecule has 3 heterocycles. The fourth-order valence-corrected chi connectivity index (χ4v) is 5.58. The Hall–Kier alpha value is -4.05. The predicted octanol–water partition coefficient (Wildman–Crippen LogP) is 4.25. The fraction of sp³-hybridized carbons (Fsp3) is 0.185. The number of nitrogens with one attached hydrogen (secondary N) is 1. The molecule has 0 aliphatic carbocycles. The average Bonchev–Trinajstić information content (AvgIpc) is 3.17. The first-order chi connectivity index (χ1) is 17.9. The molecule has 1 atom stereocenters. The van der Waals surface area contributed by atoms with Gasteiger partial charge in [-0.2, -0.15) is 5.10 Å². The minimum Gasteiger partial charge on any atom is -0.350 e. The first-order valence-electron chi connectivity index (χ1n) is 11.6. The normalized spacial score (nSPS) is 15.3. The van der Waals surface area contributed by atoms with E-state index in [-0.39, 0.29) is 36.2 Å². The molecule has 5 rings (SSSR count). The lowest BCUT2D eigenvalue weighted by Crippen LogP contribution is -2.42. The summed E-state index contributed by atoms with van der Waals surface area (Å²) in [5.74, 6) is -1.64. The van der Waals surface area contributed by atoms with Gasteiger partial charge in [-0.3, -0.25) is 24.2 Å². The molecule has 7 nitrogen and oxygen atoms in total. The smallest absolute Gasteiger partial charge is 0.240 e. The lowest BCUT2D eigenvalue weighted by atomic mass is 9.99. The number of carbonyl (C=O) groups excluding carboxylic acids is 2. The monoisotopic (exact) mass is 519 g/mol. The summed E-state index contributed by atoms with van der Waals surface area (Å²) in [6.07, 6.45) is 3.28. The van der Waals surface area contributed by atoms with Crippen LogP contribution in [-0.4, -0.2) is 38.9 Å². The number of aryl methyl sites for hydroxylation is 1. The van der Waals surface area contributed by atoms with E-state index in [2.05, 4.69) is 15.4 Å². The zero-order chi connectivity index (χ0) is 25.9. The van der Waals surface area contributed by atoms with E-state index in [1.54, 1.807) is 36.3 Å². The second kappa shape index (κ2) is 10.5. The van der Waals surface area contributed by atoms with Gasteiger partial charge in [0.15, 0.2) is 0 Å². The Balaban J connectivity index is 1.56. The molecule has 4 aromatic rings. The Labute approximate surface area is 216 Å². The third kappa shape index (κ3) is 5.10. The molecule has 37 heavy (non-hydrogen) atoms. The second-order valence-corrected chi connectivity index (χ2v) is 9.64. The summed E-state index contributed by atoms with van der Waals surface area (Å²) in [7, 11) is 1.69. The maximum Gasteiger partial charge on any atom is 0.240 e. The van der Waals surface area contributed by atoms with Gasteiger partial charge in [-0.1, -0.05) is 36.4 Å². The molecule has 1 aliphatic heterocycles. The summed E-state index contributed by atoms with van der Waals surface area (Å²) >= 11 is 1.23. The predicted molar refractivity (Wildman–Crippen MR) is 138 cm³/mol. The number of hydrogen-bond donors (Lipinski definition) is 1. The first-order valence-corrected chi connectivity index (χ1v) is 12.6. The highest BCUT2D eigenvalue weighted by Gasteiger charge is 2.37. The molecular formula is C27H23F2N5O2S. The summed E-state index contributed by atoms with van der Waals surface area (Å²) in [6, 6.07) is 16.4. The molecule has 2 amide bonds. The van der Waals surface area contributed by atoms with Crippen molar-refractivity contribution >= 4 is 29.4 Å². The topological polar surface area (TPSA) is 80.1 Å². The van der Waals surface area contributed by atoms with Crippen LogP contribution in [0.1, 0.15) is 21.9 Å². The van der Waals surface area contributed by atoms with E-state index in [0.29, 0.717) is 17.1 Å². The Kier molecular flexibility index (Phi) is 7.00. The SMILES string of the molecule is Cn1nc(-c2ccccc2)c2c1N(CC(=O)NCc1ccncc1)C(=O)CSC2c1ccc(F)cc1F. The molecule has 1 N–H and O–H groups in total. The number of fused-ring (bicyclic) bond motifs is 1. The van der Waals surface area contributed by atoms with E-state index in [1.165, 1.54) is 28.8 Å². The van der Waals surface area contributed by atoms with Crippen LogP contribution in [0.15, 0.2) is 73.1 Å². The third-order valence-corrected chi connectivity index (χ3v) is 7.31. The van der Waals surface area contributed by atoms with Crippen LogP contribution in [0.4, 0.5) is 14.6 Å². The van der Waals surface area contributed by atoms with Crippen LogP contribution in [-0.2, 0) is 23.2 Å². The molecule has 1 unspecified atom stereocenters. The van der Waals surface area contributed by atoms with Crippen molar-refractivity contribution in [3.8, 4) is 11.3 Å². The van der Waals surface area contributed by atoms with Gasteiger partial charge in [0, 0.05) is 48.7 Å². The van der Waals surface area contributed by atoms with Crippen molar-refractivity contribution in [2.24, 2.45) is 7.05 Å². The van der Waals surface area contributed by atoms with Crippen LogP contribution in [0.25, 0.3) is 11.3 Å². The number of aromatic nitrogens is 3. The lowest BCUT2D eigenvalue weighted by Gasteiger charge is -2.22. The average molecular weight is 520 g/mol. The van der Waals surface area contributed by atoms with Crippen molar-refractivity contribution in [3.05, 3.63) is 101 Å². The number of rotatable bonds is 6. The van der Waals surface area contributed by atoms with Crippen LogP contribution in [0.2, 0.25) is 0 Å². The lowest BCUT2D eigenvalue weighted by molar-refractivity contribution is -0.123. The van der Waals surface area contributed by atoms with E-state index >= 15 is 4.39 Å². The molecule has 1 aliphatic rings. The summed E-state index contributed by atoms with van der Waals surface area (Å²) in [4.78, 5) is 31.6. The molecule has 10 heteroatoms. The molecule has 188 valence electrons. The third-order valence-electron chi connectivity index (χ3n) is 6.08. The van der Waals surface area contributed by atoms with Crippen molar-refractivity contribution in [1.29, 1.82) is 0 Å². The van der Waals surface area contributed by atoms with E-state index in [9.17, 15) is 14.0 Å². The molecule has 2 aromatic heterocycles. The van der Waals surface area contributed by atoms with Gasteiger partial charge in [-0.05, 0) is 23.8 Å². The molecular weight excluding hydrogens is 496 g/mol. The van der Waals surface area contributed by atoms with Crippen LogP contribution in [0.3, 0.4) is 0 Å². The van der Waals surface area contributed by atoms with Gasteiger partial charge in [0.05, 0.1) is 16.7 Å². The number of benzene rings is 2. The van der Waals surface area contributed by atoms with Gasteiger partial charge in [-0.15, -0.1) is 11.8 Å². The number of anilines is 1. The van der Waals surface area contributed by atoms with Gasteiger partial charge >= 0.3 is 0 Å². The van der Waals surface area contributed by atoms with Crippen molar-refractivity contribution < 1.29 is 18.4 Å². The number of thioether (sulfide) groups is 1. The Bertz CT molecular complexity index is 1450. The van der Waals surface area contributed by atoms with E-state index in [0.717, 1.165) is 17.2 Å². The standard InChI is InChI=1S/C27H23F2N5O2S/c1-33-27-24(25(32-33)18-5-3-2-4-6-18)26(20-8-7-19(28)13-21(20)29)37-16-23(36)34(27)15-22(35)31-14-17-9-11-30-12-10-17/h2-13,26H,14-16H2,1H3,(H,31,35). The van der Waals surface area contributed by atoms with Crippen molar-refractivity contribution in [3.63, 3.8) is 0 Å². The summed E-state index contributed by atoms with van der Waals surface area (Å²) in [5, 5.41) is 6.88. The maximum atomic E-state index is 15.0. The van der Waals surface area contributed by atoms with E-state index in [1.807, 2.05) is 30.3 Å². The Morgan fingerprint density at radius 1 is 1.11 bits per heavy atom. The second-order valence-electron chi connectivity index (χ2n) is 8.54. The highest BCUT2D eigenvalue weighted by Crippen LogP contribution is 2.48. The molecule has 0 bridgehead atoms. The largest absolute Gasteiger partial charge is 0.350 e. The first kappa shape index (κ1) is 24.6. The number of amides is 2. The number of nitrogens with zero attached hydrogens (tertiary/aromatic N) is 4. The zero-order valence-corrected chi connectivity index (χ0v) is 20.7. The van der Waals surface area contributed by atoms with Gasteiger partial charge in [0.25, 0.3) is 0 Å². The number of pyridine rings is 1. The molecule has 0 saturated carbocycles. The molecule has 2 aromatic carbocycles. The number of hydrogen-bond acceptors (Lipinski definition) is 5. The van der Waals surface area contributed by atoms with Crippen molar-refractivity contribution in [2.75, 3.05) is 17.2 Å². The Morgan fingerprint density at radius 3 is 2.59 bits per heavy atom. The van der Waals surface area contributed by atoms with Crippen LogP contribution >= 0.6 is 11.8 Å². The van der Waals surface area contributed by atoms with Gasteiger partial charge in [-0.25, -0.2) is 8.78 Å². The van der Waals surface area contributed by atoms with Crippen LogP contribution < -0.4 is 10.2 Å². The molecule has 0 radical (unpaired) electrons. The fourth-order valence-electron chi connectivity index (χ4n) is 4.36. The summed E-state index contributed by atoms with van der Waals surface area (Å²) in [6.45, 7) is 0.0545. The maximum absolute atomic E-state index is 15.0. The van der Waals surface area contributed by atoms with Gasteiger partial charge in [0.2, 0.25) is 11.8 Å². The summed E-state index contributed by atoms with van der Waals surface area (Å²) in [5.41, 5.74) is 3.06. The summed E-state index contributed by atoms with van der Waals surface area (Å²) < 4.78 is 30.3. The highest BCUT2D eigenvalue weighted by atomic mass is 32.2. The quantitative estimate of drug-likeness (QED) is 0.412. The minimum absolute atomic E-state index is 0.00201. The molecule has 0 fully saturated rings. The van der Waals surface area contributed by atoms with E-state index in [4.69, 9.17) is 0 Å². The van der Waals surface area contributed by atoms with Crippen molar-refractivity contribution in [1.82, 2.24) is 20.1 Å². The number of carbonyl (C=O) groups is 2. The van der Waals surface area contributed by atoms with Crippen molar-refractivity contribution in [2.45, 2.75) is 11.8 Å². The molecule has 0 spiro atoms. The minimum atomic E-state index is -0.706. The highest BCUT2D eigenvalue weighted by molar-refractivity contribution is 8.00. The van der Waals surface area contributed by atoms with Crippen LogP contribution in [0, 0.1) is 11.6 Å².